The maximum absolute atomic E-state index is 9.12. The van der Waals surface area contributed by atoms with Gasteiger partial charge in [-0.1, -0.05) is 41.9 Å². The van der Waals surface area contributed by atoms with E-state index in [1.54, 1.807) is 11.3 Å². The summed E-state index contributed by atoms with van der Waals surface area (Å²) in [5.74, 6) is 0. The van der Waals surface area contributed by atoms with Gasteiger partial charge in [-0.05, 0) is 46.5 Å². The molecule has 3 rings (SSSR count). The number of aliphatic hydroxyl groups is 1. The van der Waals surface area contributed by atoms with Crippen LogP contribution in [0.5, 0.6) is 0 Å². The van der Waals surface area contributed by atoms with Crippen LogP contribution in [0.1, 0.15) is 17.2 Å². The van der Waals surface area contributed by atoms with Crippen LogP contribution in [0.2, 0.25) is 5.02 Å². The molecule has 1 atom stereocenters. The largest absolute Gasteiger partial charge is 0.395 e. The van der Waals surface area contributed by atoms with E-state index >= 15 is 0 Å². The van der Waals surface area contributed by atoms with E-state index in [1.807, 2.05) is 30.3 Å². The number of hydrogen-bond acceptors (Lipinski definition) is 3. The van der Waals surface area contributed by atoms with E-state index < -0.39 is 0 Å². The van der Waals surface area contributed by atoms with E-state index in [4.69, 9.17) is 16.7 Å². The highest BCUT2D eigenvalue weighted by atomic mass is 35.5. The lowest BCUT2D eigenvalue weighted by Gasteiger charge is -2.18. The Hall–Kier alpha value is -1.10. The normalized spacial score (nSPS) is 12.1. The Morgan fingerprint density at radius 1 is 1.13 bits per heavy atom. The van der Waals surface area contributed by atoms with Crippen LogP contribution in [0.25, 0.3) is 10.1 Å². The summed E-state index contributed by atoms with van der Waals surface area (Å²) in [7, 11) is 0. The molecule has 0 aliphatic heterocycles. The van der Waals surface area contributed by atoms with Gasteiger partial charge in [0.1, 0.15) is 0 Å². The molecule has 0 fully saturated rings. The standard InChI is InChI=1S/C18H18ClNOS.ClH/c19-15-6-7-18-16(11-15)14(12-22-18)10-17(20-8-9-21)13-4-2-1-3-5-13;/h1-7,11-12,17,20-21H,8-10H2;1H. The third kappa shape index (κ3) is 4.46. The highest BCUT2D eigenvalue weighted by Gasteiger charge is 2.14. The van der Waals surface area contributed by atoms with Gasteiger partial charge in [0.25, 0.3) is 0 Å². The average molecular weight is 368 g/mol. The van der Waals surface area contributed by atoms with Gasteiger partial charge in [0.2, 0.25) is 0 Å². The molecule has 1 heterocycles. The van der Waals surface area contributed by atoms with Crippen LogP contribution in [0.15, 0.2) is 53.9 Å². The molecular weight excluding hydrogens is 349 g/mol. The van der Waals surface area contributed by atoms with E-state index in [1.165, 1.54) is 21.2 Å². The molecule has 0 aliphatic rings. The van der Waals surface area contributed by atoms with Gasteiger partial charge in [0.05, 0.1) is 6.61 Å². The molecule has 122 valence electrons. The van der Waals surface area contributed by atoms with Crippen LogP contribution in [0, 0.1) is 0 Å². The third-order valence-corrected chi connectivity index (χ3v) is 4.99. The maximum atomic E-state index is 9.12. The molecule has 0 radical (unpaired) electrons. The Morgan fingerprint density at radius 3 is 2.65 bits per heavy atom. The third-order valence-electron chi connectivity index (χ3n) is 3.74. The Balaban J connectivity index is 0.00000192. The predicted molar refractivity (Wildman–Crippen MR) is 102 cm³/mol. The van der Waals surface area contributed by atoms with E-state index in [-0.39, 0.29) is 25.1 Å². The minimum Gasteiger partial charge on any atom is -0.395 e. The van der Waals surface area contributed by atoms with Gasteiger partial charge in [-0.3, -0.25) is 0 Å². The van der Waals surface area contributed by atoms with Crippen molar-refractivity contribution < 1.29 is 5.11 Å². The Labute approximate surface area is 151 Å². The van der Waals surface area contributed by atoms with Crippen LogP contribution < -0.4 is 5.32 Å². The molecule has 2 N–H and O–H groups in total. The Morgan fingerprint density at radius 2 is 1.91 bits per heavy atom. The van der Waals surface area contributed by atoms with Crippen LogP contribution >= 0.6 is 35.3 Å². The summed E-state index contributed by atoms with van der Waals surface area (Å²) >= 11 is 7.89. The fourth-order valence-electron chi connectivity index (χ4n) is 2.66. The molecule has 0 aliphatic carbocycles. The van der Waals surface area contributed by atoms with Crippen LogP contribution in [-0.2, 0) is 6.42 Å². The first-order chi connectivity index (χ1) is 10.8. The van der Waals surface area contributed by atoms with Gasteiger partial charge < -0.3 is 10.4 Å². The number of hydrogen-bond donors (Lipinski definition) is 2. The first-order valence-corrected chi connectivity index (χ1v) is 8.58. The number of halogens is 2. The van der Waals surface area contributed by atoms with Crippen molar-refractivity contribution in [1.29, 1.82) is 0 Å². The summed E-state index contributed by atoms with van der Waals surface area (Å²) in [5, 5.41) is 16.7. The van der Waals surface area contributed by atoms with Gasteiger partial charge >= 0.3 is 0 Å². The zero-order valence-corrected chi connectivity index (χ0v) is 14.9. The summed E-state index contributed by atoms with van der Waals surface area (Å²) in [6, 6.07) is 16.6. The zero-order chi connectivity index (χ0) is 15.4. The predicted octanol–water partition coefficient (Wildman–Crippen LogP) is 4.84. The first-order valence-electron chi connectivity index (χ1n) is 7.33. The SMILES string of the molecule is Cl.OCCNC(Cc1csc2ccc(Cl)cc12)c1ccccc1. The Bertz CT molecular complexity index is 745. The van der Waals surface area contributed by atoms with Crippen molar-refractivity contribution >= 4 is 45.4 Å². The van der Waals surface area contributed by atoms with E-state index in [9.17, 15) is 0 Å². The number of thiophene rings is 1. The van der Waals surface area contributed by atoms with Gasteiger partial charge in [-0.15, -0.1) is 23.7 Å². The highest BCUT2D eigenvalue weighted by molar-refractivity contribution is 7.17. The van der Waals surface area contributed by atoms with Crippen molar-refractivity contribution in [3.8, 4) is 0 Å². The molecule has 0 amide bonds. The second-order valence-corrected chi connectivity index (χ2v) is 6.59. The topological polar surface area (TPSA) is 32.3 Å². The number of fused-ring (bicyclic) bond motifs is 1. The van der Waals surface area contributed by atoms with E-state index in [0.717, 1.165) is 11.4 Å². The van der Waals surface area contributed by atoms with Crippen molar-refractivity contribution in [1.82, 2.24) is 5.32 Å². The van der Waals surface area contributed by atoms with Gasteiger partial charge in [-0.2, -0.15) is 0 Å². The van der Waals surface area contributed by atoms with Gasteiger partial charge in [-0.25, -0.2) is 0 Å². The summed E-state index contributed by atoms with van der Waals surface area (Å²) in [4.78, 5) is 0. The minimum atomic E-state index is 0. The smallest absolute Gasteiger partial charge is 0.0556 e. The summed E-state index contributed by atoms with van der Waals surface area (Å²) < 4.78 is 1.26. The summed E-state index contributed by atoms with van der Waals surface area (Å²) in [6.45, 7) is 0.724. The number of nitrogens with one attached hydrogen (secondary N) is 1. The number of aliphatic hydroxyl groups excluding tert-OH is 1. The average Bonchev–Trinajstić information content (AvgIpc) is 2.94. The van der Waals surface area contributed by atoms with Gasteiger partial charge in [0.15, 0.2) is 0 Å². The number of benzene rings is 2. The molecular formula is C18H19Cl2NOS. The van der Waals surface area contributed by atoms with Crippen LogP contribution in [0.4, 0.5) is 0 Å². The molecule has 23 heavy (non-hydrogen) atoms. The van der Waals surface area contributed by atoms with E-state index in [2.05, 4.69) is 28.9 Å². The summed E-state index contributed by atoms with van der Waals surface area (Å²) in [6.07, 6.45) is 0.879. The molecule has 5 heteroatoms. The minimum absolute atomic E-state index is 0. The van der Waals surface area contributed by atoms with Crippen LogP contribution in [-0.4, -0.2) is 18.3 Å². The molecule has 3 aromatic rings. The summed E-state index contributed by atoms with van der Waals surface area (Å²) in [5.41, 5.74) is 2.53. The number of rotatable bonds is 6. The second kappa shape index (κ2) is 8.67. The fraction of sp³-hybridized carbons (Fsp3) is 0.222. The molecule has 0 saturated heterocycles. The van der Waals surface area contributed by atoms with Gasteiger partial charge in [0, 0.05) is 22.3 Å². The van der Waals surface area contributed by atoms with Crippen molar-refractivity contribution in [3.63, 3.8) is 0 Å². The fourth-order valence-corrected chi connectivity index (χ4v) is 3.79. The monoisotopic (exact) mass is 367 g/mol. The van der Waals surface area contributed by atoms with Crippen LogP contribution in [0.3, 0.4) is 0 Å². The first kappa shape index (κ1) is 18.2. The van der Waals surface area contributed by atoms with Crippen molar-refractivity contribution in [2.75, 3.05) is 13.2 Å². The highest BCUT2D eigenvalue weighted by Crippen LogP contribution is 2.31. The van der Waals surface area contributed by atoms with Crippen molar-refractivity contribution in [2.24, 2.45) is 0 Å². The second-order valence-electron chi connectivity index (χ2n) is 5.25. The molecule has 0 spiro atoms. The lowest BCUT2D eigenvalue weighted by atomic mass is 9.98. The lowest BCUT2D eigenvalue weighted by molar-refractivity contribution is 0.284. The Kier molecular flexibility index (Phi) is 6.88. The molecule has 2 nitrogen and oxygen atoms in total. The van der Waals surface area contributed by atoms with Crippen molar-refractivity contribution in [2.45, 2.75) is 12.5 Å². The molecule has 2 aromatic carbocycles. The quantitative estimate of drug-likeness (QED) is 0.652. The zero-order valence-electron chi connectivity index (χ0n) is 12.5. The molecule has 1 unspecified atom stereocenters. The van der Waals surface area contributed by atoms with Crippen molar-refractivity contribution in [3.05, 3.63) is 70.1 Å². The molecule has 1 aromatic heterocycles. The maximum Gasteiger partial charge on any atom is 0.0556 e. The van der Waals surface area contributed by atoms with E-state index in [0.29, 0.717) is 6.54 Å². The molecule has 0 saturated carbocycles. The molecule has 0 bridgehead atoms. The lowest BCUT2D eigenvalue weighted by Crippen LogP contribution is -2.26.